The molecule has 0 aliphatic rings. The van der Waals surface area contributed by atoms with Crippen molar-refractivity contribution in [2.45, 2.75) is 13.8 Å². The summed E-state index contributed by atoms with van der Waals surface area (Å²) < 4.78 is 0.839. The van der Waals surface area contributed by atoms with Gasteiger partial charge in [0.2, 0.25) is 0 Å². The SMILES string of the molecule is Cc1cc(Br)cc(C(=O)Nc2ccc(C(=O)O)cc2C)c1. The van der Waals surface area contributed by atoms with Crippen LogP contribution in [0.2, 0.25) is 0 Å². The van der Waals surface area contributed by atoms with E-state index < -0.39 is 5.97 Å². The van der Waals surface area contributed by atoms with E-state index in [0.717, 1.165) is 10.0 Å². The zero-order chi connectivity index (χ0) is 15.6. The van der Waals surface area contributed by atoms with Crippen molar-refractivity contribution in [2.75, 3.05) is 5.32 Å². The van der Waals surface area contributed by atoms with Crippen LogP contribution in [0.1, 0.15) is 31.8 Å². The molecular formula is C16H14BrNO3. The number of hydrogen-bond donors (Lipinski definition) is 2. The fraction of sp³-hybridized carbons (Fsp3) is 0.125. The number of anilines is 1. The van der Waals surface area contributed by atoms with Crippen LogP contribution in [0.15, 0.2) is 40.9 Å². The molecule has 0 unspecified atom stereocenters. The predicted molar refractivity (Wildman–Crippen MR) is 85.0 cm³/mol. The number of carboxylic acid groups (broad SMARTS) is 1. The second-order valence-corrected chi connectivity index (χ2v) is 5.72. The average Bonchev–Trinajstić information content (AvgIpc) is 2.39. The summed E-state index contributed by atoms with van der Waals surface area (Å²) in [5.41, 5.74) is 3.03. The van der Waals surface area contributed by atoms with Crippen LogP contribution in [-0.4, -0.2) is 17.0 Å². The van der Waals surface area contributed by atoms with E-state index in [9.17, 15) is 9.59 Å². The maximum Gasteiger partial charge on any atom is 0.335 e. The number of aromatic carboxylic acids is 1. The average molecular weight is 348 g/mol. The Balaban J connectivity index is 2.25. The number of hydrogen-bond acceptors (Lipinski definition) is 2. The molecule has 0 radical (unpaired) electrons. The smallest absolute Gasteiger partial charge is 0.335 e. The summed E-state index contributed by atoms with van der Waals surface area (Å²) in [6.07, 6.45) is 0. The van der Waals surface area contributed by atoms with Crippen molar-refractivity contribution >= 4 is 33.5 Å². The van der Waals surface area contributed by atoms with Crippen molar-refractivity contribution in [3.05, 3.63) is 63.1 Å². The molecule has 1 amide bonds. The minimum atomic E-state index is -0.987. The third-order valence-electron chi connectivity index (χ3n) is 3.03. The van der Waals surface area contributed by atoms with Crippen LogP contribution in [0, 0.1) is 13.8 Å². The number of halogens is 1. The maximum absolute atomic E-state index is 12.2. The third kappa shape index (κ3) is 3.70. The van der Waals surface area contributed by atoms with E-state index >= 15 is 0 Å². The molecule has 2 aromatic rings. The lowest BCUT2D eigenvalue weighted by atomic mass is 10.1. The van der Waals surface area contributed by atoms with Gasteiger partial charge in [-0.15, -0.1) is 0 Å². The molecule has 21 heavy (non-hydrogen) atoms. The van der Waals surface area contributed by atoms with E-state index in [1.807, 2.05) is 13.0 Å². The summed E-state index contributed by atoms with van der Waals surface area (Å²) in [4.78, 5) is 23.1. The van der Waals surface area contributed by atoms with Crippen molar-refractivity contribution in [1.82, 2.24) is 0 Å². The van der Waals surface area contributed by atoms with Gasteiger partial charge in [-0.05, 0) is 61.4 Å². The largest absolute Gasteiger partial charge is 0.478 e. The number of aryl methyl sites for hydroxylation is 2. The first kappa shape index (κ1) is 15.3. The van der Waals surface area contributed by atoms with Crippen LogP contribution < -0.4 is 5.32 Å². The number of carboxylic acids is 1. The molecule has 0 atom stereocenters. The third-order valence-corrected chi connectivity index (χ3v) is 3.48. The molecule has 2 rings (SSSR count). The normalized spacial score (nSPS) is 10.2. The van der Waals surface area contributed by atoms with Crippen LogP contribution in [0.4, 0.5) is 5.69 Å². The summed E-state index contributed by atoms with van der Waals surface area (Å²) in [6.45, 7) is 3.67. The number of carbonyl (C=O) groups excluding carboxylic acids is 1. The van der Waals surface area contributed by atoms with Crippen molar-refractivity contribution in [1.29, 1.82) is 0 Å². The molecule has 5 heteroatoms. The highest BCUT2D eigenvalue weighted by Crippen LogP contribution is 2.20. The fourth-order valence-electron chi connectivity index (χ4n) is 2.00. The molecule has 2 aromatic carbocycles. The Morgan fingerprint density at radius 2 is 1.76 bits per heavy atom. The molecule has 0 heterocycles. The van der Waals surface area contributed by atoms with Gasteiger partial charge in [-0.25, -0.2) is 4.79 Å². The minimum Gasteiger partial charge on any atom is -0.478 e. The predicted octanol–water partition coefficient (Wildman–Crippen LogP) is 4.02. The summed E-state index contributed by atoms with van der Waals surface area (Å²) in [5, 5.41) is 11.7. The first-order chi connectivity index (χ1) is 9.86. The molecule has 0 aliphatic carbocycles. The molecule has 0 saturated heterocycles. The van der Waals surface area contributed by atoms with Crippen molar-refractivity contribution in [3.8, 4) is 0 Å². The van der Waals surface area contributed by atoms with E-state index in [1.54, 1.807) is 25.1 Å². The van der Waals surface area contributed by atoms with Crippen LogP contribution in [0.5, 0.6) is 0 Å². The van der Waals surface area contributed by atoms with Gasteiger partial charge < -0.3 is 10.4 Å². The summed E-state index contributed by atoms with van der Waals surface area (Å²) >= 11 is 3.36. The van der Waals surface area contributed by atoms with Gasteiger partial charge >= 0.3 is 5.97 Å². The Hall–Kier alpha value is -2.14. The highest BCUT2D eigenvalue weighted by Gasteiger charge is 2.11. The highest BCUT2D eigenvalue weighted by molar-refractivity contribution is 9.10. The second kappa shape index (κ2) is 6.10. The van der Waals surface area contributed by atoms with E-state index in [-0.39, 0.29) is 11.5 Å². The van der Waals surface area contributed by atoms with Crippen molar-refractivity contribution in [2.24, 2.45) is 0 Å². The van der Waals surface area contributed by atoms with E-state index in [1.165, 1.54) is 12.1 Å². The molecule has 0 aromatic heterocycles. The zero-order valence-electron chi connectivity index (χ0n) is 11.6. The van der Waals surface area contributed by atoms with Gasteiger partial charge in [-0.1, -0.05) is 15.9 Å². The Bertz CT molecular complexity index is 705. The van der Waals surface area contributed by atoms with Gasteiger partial charge in [0.15, 0.2) is 0 Å². The van der Waals surface area contributed by atoms with Gasteiger partial charge in [-0.2, -0.15) is 0 Å². The topological polar surface area (TPSA) is 66.4 Å². The van der Waals surface area contributed by atoms with Crippen LogP contribution in [0.3, 0.4) is 0 Å². The van der Waals surface area contributed by atoms with Gasteiger partial charge in [-0.3, -0.25) is 4.79 Å². The van der Waals surface area contributed by atoms with Crippen LogP contribution in [0.25, 0.3) is 0 Å². The lowest BCUT2D eigenvalue weighted by Crippen LogP contribution is -2.13. The standard InChI is InChI=1S/C16H14BrNO3/c1-9-5-12(8-13(17)6-9)15(19)18-14-4-3-11(16(20)21)7-10(14)2/h3-8H,1-2H3,(H,18,19)(H,20,21). The van der Waals surface area contributed by atoms with Crippen LogP contribution >= 0.6 is 15.9 Å². The molecular weight excluding hydrogens is 334 g/mol. The van der Waals surface area contributed by atoms with Crippen molar-refractivity contribution < 1.29 is 14.7 Å². The highest BCUT2D eigenvalue weighted by atomic mass is 79.9. The zero-order valence-corrected chi connectivity index (χ0v) is 13.2. The number of amides is 1. The lowest BCUT2D eigenvalue weighted by molar-refractivity contribution is 0.0696. The quantitative estimate of drug-likeness (QED) is 0.881. The Kier molecular flexibility index (Phi) is 4.43. The number of nitrogens with one attached hydrogen (secondary N) is 1. The Morgan fingerprint density at radius 1 is 1.05 bits per heavy atom. The van der Waals surface area contributed by atoms with Gasteiger partial charge in [0.25, 0.3) is 5.91 Å². The molecule has 4 nitrogen and oxygen atoms in total. The van der Waals surface area contributed by atoms with Gasteiger partial charge in [0.05, 0.1) is 5.56 Å². The second-order valence-electron chi connectivity index (χ2n) is 4.81. The molecule has 0 saturated carbocycles. The summed E-state index contributed by atoms with van der Waals surface area (Å²) in [7, 11) is 0. The monoisotopic (exact) mass is 347 g/mol. The van der Waals surface area contributed by atoms with Crippen molar-refractivity contribution in [3.63, 3.8) is 0 Å². The van der Waals surface area contributed by atoms with E-state index in [0.29, 0.717) is 16.8 Å². The molecule has 0 bridgehead atoms. The summed E-state index contributed by atoms with van der Waals surface area (Å²) in [6, 6.07) is 10.1. The number of rotatable bonds is 3. The molecule has 2 N–H and O–H groups in total. The first-order valence-corrected chi connectivity index (χ1v) is 7.08. The van der Waals surface area contributed by atoms with Gasteiger partial charge in [0.1, 0.15) is 0 Å². The minimum absolute atomic E-state index is 0.198. The molecule has 108 valence electrons. The Morgan fingerprint density at radius 3 is 2.33 bits per heavy atom. The first-order valence-electron chi connectivity index (χ1n) is 6.29. The molecule has 0 aliphatic heterocycles. The Labute approximate surface area is 130 Å². The van der Waals surface area contributed by atoms with E-state index in [2.05, 4.69) is 21.2 Å². The van der Waals surface area contributed by atoms with Crippen LogP contribution in [-0.2, 0) is 0 Å². The van der Waals surface area contributed by atoms with Gasteiger partial charge in [0, 0.05) is 15.7 Å². The molecule has 0 fully saturated rings. The van der Waals surface area contributed by atoms with E-state index in [4.69, 9.17) is 5.11 Å². The number of carbonyl (C=O) groups is 2. The fourth-order valence-corrected chi connectivity index (χ4v) is 2.61. The lowest BCUT2D eigenvalue weighted by Gasteiger charge is -2.10. The maximum atomic E-state index is 12.2. The summed E-state index contributed by atoms with van der Waals surface area (Å²) in [5.74, 6) is -1.22. The molecule has 0 spiro atoms. The number of benzene rings is 2.